The van der Waals surface area contributed by atoms with Crippen LogP contribution in [0.25, 0.3) is 0 Å². The number of primary amides is 1. The summed E-state index contributed by atoms with van der Waals surface area (Å²) in [5, 5.41) is 2.63. The zero-order valence-corrected chi connectivity index (χ0v) is 10.6. The Morgan fingerprint density at radius 1 is 1.16 bits per heavy atom. The molecule has 2 aromatic carbocycles. The number of urea groups is 1. The Morgan fingerprint density at radius 3 is 2.42 bits per heavy atom. The van der Waals surface area contributed by atoms with Gasteiger partial charge < -0.3 is 11.1 Å². The van der Waals surface area contributed by atoms with Crippen molar-refractivity contribution in [3.8, 4) is 0 Å². The second-order valence-corrected chi connectivity index (χ2v) is 4.41. The Morgan fingerprint density at radius 2 is 1.84 bits per heavy atom. The summed E-state index contributed by atoms with van der Waals surface area (Å²) in [7, 11) is 0. The highest BCUT2D eigenvalue weighted by Crippen LogP contribution is 2.23. The van der Waals surface area contributed by atoms with Crippen LogP contribution in [0.2, 0.25) is 0 Å². The zero-order valence-electron chi connectivity index (χ0n) is 10.6. The van der Waals surface area contributed by atoms with Crippen LogP contribution in [-0.2, 0) is 0 Å². The van der Waals surface area contributed by atoms with E-state index in [1.165, 1.54) is 12.1 Å². The second kappa shape index (κ2) is 5.52. The van der Waals surface area contributed by atoms with Crippen LogP contribution >= 0.6 is 0 Å². The topological polar surface area (TPSA) is 55.1 Å². The molecule has 0 aliphatic heterocycles. The first-order valence-electron chi connectivity index (χ1n) is 5.94. The molecule has 0 heterocycles. The molecule has 2 rings (SSSR count). The summed E-state index contributed by atoms with van der Waals surface area (Å²) in [6.07, 6.45) is 0. The maximum Gasteiger partial charge on any atom is 0.312 e. The van der Waals surface area contributed by atoms with Gasteiger partial charge in [-0.25, -0.2) is 9.18 Å². The Bertz CT molecular complexity index is 581. The van der Waals surface area contributed by atoms with Gasteiger partial charge in [0.15, 0.2) is 0 Å². The van der Waals surface area contributed by atoms with E-state index >= 15 is 0 Å². The van der Waals surface area contributed by atoms with Crippen molar-refractivity contribution in [1.82, 2.24) is 5.32 Å². The fourth-order valence-electron chi connectivity index (χ4n) is 1.95. The van der Waals surface area contributed by atoms with E-state index in [-0.39, 0.29) is 5.82 Å². The van der Waals surface area contributed by atoms with Gasteiger partial charge >= 0.3 is 6.03 Å². The fraction of sp³-hybridized carbons (Fsp3) is 0.133. The van der Waals surface area contributed by atoms with Crippen LogP contribution in [0.1, 0.15) is 22.7 Å². The number of nitrogens with one attached hydrogen (secondary N) is 1. The zero-order chi connectivity index (χ0) is 13.8. The predicted octanol–water partition coefficient (Wildman–Crippen LogP) is 2.89. The van der Waals surface area contributed by atoms with Gasteiger partial charge in [0.1, 0.15) is 5.82 Å². The molecular formula is C15H15FN2O. The van der Waals surface area contributed by atoms with Crippen LogP contribution in [0, 0.1) is 12.7 Å². The molecule has 0 unspecified atom stereocenters. The Balaban J connectivity index is 2.40. The first-order chi connectivity index (χ1) is 9.06. The maximum atomic E-state index is 13.3. The molecule has 0 aliphatic rings. The number of halogens is 1. The summed E-state index contributed by atoms with van der Waals surface area (Å²) >= 11 is 0. The molecule has 2 amide bonds. The van der Waals surface area contributed by atoms with Gasteiger partial charge in [-0.05, 0) is 30.2 Å². The lowest BCUT2D eigenvalue weighted by atomic mass is 9.98. The number of carbonyl (C=O) groups is 1. The van der Waals surface area contributed by atoms with Gasteiger partial charge in [0.05, 0.1) is 6.04 Å². The predicted molar refractivity (Wildman–Crippen MR) is 72.1 cm³/mol. The summed E-state index contributed by atoms with van der Waals surface area (Å²) in [6, 6.07) is 12.7. The van der Waals surface area contributed by atoms with E-state index in [0.29, 0.717) is 5.56 Å². The van der Waals surface area contributed by atoms with E-state index in [9.17, 15) is 9.18 Å². The molecule has 0 saturated heterocycles. The van der Waals surface area contributed by atoms with Crippen molar-refractivity contribution in [3.05, 3.63) is 71.0 Å². The van der Waals surface area contributed by atoms with Crippen LogP contribution < -0.4 is 11.1 Å². The van der Waals surface area contributed by atoms with Crippen molar-refractivity contribution in [2.24, 2.45) is 5.73 Å². The highest BCUT2D eigenvalue weighted by molar-refractivity contribution is 5.72. The van der Waals surface area contributed by atoms with E-state index in [1.807, 2.05) is 31.2 Å². The van der Waals surface area contributed by atoms with Gasteiger partial charge in [-0.3, -0.25) is 0 Å². The van der Waals surface area contributed by atoms with Crippen LogP contribution in [0.4, 0.5) is 9.18 Å². The molecule has 1 atom stereocenters. The second-order valence-electron chi connectivity index (χ2n) is 4.41. The van der Waals surface area contributed by atoms with Crippen molar-refractivity contribution in [2.75, 3.05) is 0 Å². The number of hydrogen-bond donors (Lipinski definition) is 2. The number of aryl methyl sites for hydroxylation is 1. The van der Waals surface area contributed by atoms with Gasteiger partial charge in [0.25, 0.3) is 0 Å². The molecule has 3 nitrogen and oxygen atoms in total. The summed E-state index contributed by atoms with van der Waals surface area (Å²) in [5.74, 6) is -0.346. The molecule has 98 valence electrons. The molecule has 0 fully saturated rings. The SMILES string of the molecule is Cc1ccc([C@@H](NC(N)=O)c2cccc(F)c2)cc1. The normalized spacial score (nSPS) is 11.9. The lowest BCUT2D eigenvalue weighted by molar-refractivity contribution is 0.247. The maximum absolute atomic E-state index is 13.3. The number of rotatable bonds is 3. The van der Waals surface area contributed by atoms with Crippen molar-refractivity contribution < 1.29 is 9.18 Å². The van der Waals surface area contributed by atoms with Crippen molar-refractivity contribution in [1.29, 1.82) is 0 Å². The van der Waals surface area contributed by atoms with Crippen LogP contribution in [0.3, 0.4) is 0 Å². The standard InChI is InChI=1S/C15H15FN2O/c1-10-5-7-11(8-6-10)14(18-15(17)19)12-3-2-4-13(16)9-12/h2-9,14H,1H3,(H3,17,18,19)/t14-/m1/s1. The number of benzene rings is 2. The molecule has 3 N–H and O–H groups in total. The van der Waals surface area contributed by atoms with Crippen LogP contribution in [-0.4, -0.2) is 6.03 Å². The minimum absolute atomic E-state index is 0.346. The van der Waals surface area contributed by atoms with Gasteiger partial charge in [-0.2, -0.15) is 0 Å². The minimum Gasteiger partial charge on any atom is -0.352 e. The Kier molecular flexibility index (Phi) is 3.80. The van der Waals surface area contributed by atoms with E-state index in [0.717, 1.165) is 11.1 Å². The smallest absolute Gasteiger partial charge is 0.312 e. The lowest BCUT2D eigenvalue weighted by Gasteiger charge is -2.18. The molecule has 0 spiro atoms. The number of hydrogen-bond acceptors (Lipinski definition) is 1. The first kappa shape index (κ1) is 13.1. The molecule has 0 saturated carbocycles. The quantitative estimate of drug-likeness (QED) is 0.873. The van der Waals surface area contributed by atoms with Gasteiger partial charge in [0, 0.05) is 0 Å². The van der Waals surface area contributed by atoms with Gasteiger partial charge in [-0.15, -0.1) is 0 Å². The van der Waals surface area contributed by atoms with E-state index < -0.39 is 12.1 Å². The highest BCUT2D eigenvalue weighted by atomic mass is 19.1. The van der Waals surface area contributed by atoms with E-state index in [4.69, 9.17) is 5.73 Å². The highest BCUT2D eigenvalue weighted by Gasteiger charge is 2.15. The third-order valence-corrected chi connectivity index (χ3v) is 2.88. The molecule has 0 radical (unpaired) electrons. The van der Waals surface area contributed by atoms with Gasteiger partial charge in [0.2, 0.25) is 0 Å². The van der Waals surface area contributed by atoms with E-state index in [2.05, 4.69) is 5.32 Å². The minimum atomic E-state index is -0.644. The fourth-order valence-corrected chi connectivity index (χ4v) is 1.95. The largest absolute Gasteiger partial charge is 0.352 e. The van der Waals surface area contributed by atoms with Crippen LogP contribution in [0.15, 0.2) is 48.5 Å². The first-order valence-corrected chi connectivity index (χ1v) is 5.94. The van der Waals surface area contributed by atoms with Crippen molar-refractivity contribution >= 4 is 6.03 Å². The molecular weight excluding hydrogens is 243 g/mol. The molecule has 0 bridgehead atoms. The monoisotopic (exact) mass is 258 g/mol. The average Bonchev–Trinajstić information content (AvgIpc) is 2.37. The van der Waals surface area contributed by atoms with Crippen molar-refractivity contribution in [3.63, 3.8) is 0 Å². The third-order valence-electron chi connectivity index (χ3n) is 2.88. The number of nitrogens with two attached hydrogens (primary N) is 1. The summed E-state index contributed by atoms with van der Waals surface area (Å²) in [6.45, 7) is 1.97. The number of amides is 2. The Labute approximate surface area is 111 Å². The molecule has 19 heavy (non-hydrogen) atoms. The lowest BCUT2D eigenvalue weighted by Crippen LogP contribution is -2.33. The summed E-state index contributed by atoms with van der Waals surface area (Å²) in [4.78, 5) is 11.1. The molecule has 0 aliphatic carbocycles. The third kappa shape index (κ3) is 3.31. The van der Waals surface area contributed by atoms with Gasteiger partial charge in [-0.1, -0.05) is 42.0 Å². The van der Waals surface area contributed by atoms with Crippen molar-refractivity contribution in [2.45, 2.75) is 13.0 Å². The number of carbonyl (C=O) groups excluding carboxylic acids is 1. The molecule has 2 aromatic rings. The summed E-state index contributed by atoms with van der Waals surface area (Å²) in [5.41, 5.74) is 7.82. The molecule has 0 aromatic heterocycles. The Hall–Kier alpha value is -2.36. The molecule has 4 heteroatoms. The van der Waals surface area contributed by atoms with Crippen LogP contribution in [0.5, 0.6) is 0 Å². The average molecular weight is 258 g/mol. The van der Waals surface area contributed by atoms with E-state index in [1.54, 1.807) is 12.1 Å². The summed E-state index contributed by atoms with van der Waals surface area (Å²) < 4.78 is 13.3.